The van der Waals surface area contributed by atoms with Gasteiger partial charge in [0.15, 0.2) is 0 Å². The van der Waals surface area contributed by atoms with E-state index < -0.39 is 52.2 Å². The Hall–Kier alpha value is -3.91. The summed E-state index contributed by atoms with van der Waals surface area (Å²) in [4.78, 5) is 29.2. The van der Waals surface area contributed by atoms with E-state index in [-0.39, 0.29) is 30.3 Å². The quantitative estimate of drug-likeness (QED) is 0.142. The van der Waals surface area contributed by atoms with Gasteiger partial charge in [0.1, 0.15) is 0 Å². The van der Waals surface area contributed by atoms with Gasteiger partial charge in [0.2, 0.25) is 15.9 Å². The van der Waals surface area contributed by atoms with Gasteiger partial charge in [-0.25, -0.2) is 18.1 Å². The van der Waals surface area contributed by atoms with Crippen molar-refractivity contribution < 1.29 is 33.0 Å². The molecule has 0 saturated heterocycles. The van der Waals surface area contributed by atoms with Crippen molar-refractivity contribution in [1.82, 2.24) is 9.21 Å². The van der Waals surface area contributed by atoms with Crippen LogP contribution in [0, 0.1) is 5.92 Å². The number of thiophene rings is 1. The molecule has 0 aliphatic heterocycles. The molecule has 10 nitrogen and oxygen atoms in total. The summed E-state index contributed by atoms with van der Waals surface area (Å²) in [6.07, 6.45) is -0.622. The average Bonchev–Trinajstić information content (AvgIpc) is 3.55. The zero-order valence-electron chi connectivity index (χ0n) is 29.1. The molecule has 0 radical (unpaired) electrons. The maximum absolute atomic E-state index is 14.2. The van der Waals surface area contributed by atoms with Gasteiger partial charge in [-0.15, -0.1) is 11.3 Å². The summed E-state index contributed by atoms with van der Waals surface area (Å²) in [7, 11) is -2.92. The minimum atomic E-state index is -4.11. The topological polar surface area (TPSA) is 150 Å². The molecule has 0 unspecified atom stereocenters. The number of carbonyl (C=O) groups is 2. The lowest BCUT2D eigenvalue weighted by Gasteiger charge is -2.31. The van der Waals surface area contributed by atoms with Crippen molar-refractivity contribution in [3.05, 3.63) is 124 Å². The molecule has 4 N–H and O–H groups in total. The molecule has 1 aromatic heterocycles. The van der Waals surface area contributed by atoms with Gasteiger partial charge in [0, 0.05) is 28.6 Å². The third-order valence-corrected chi connectivity index (χ3v) is 11.2. The summed E-state index contributed by atoms with van der Waals surface area (Å²) in [6, 6.07) is 26.5. The van der Waals surface area contributed by atoms with Crippen molar-refractivity contribution in [2.75, 3.05) is 20.3 Å². The van der Waals surface area contributed by atoms with E-state index in [0.29, 0.717) is 15.3 Å². The Morgan fingerprint density at radius 1 is 0.920 bits per heavy atom. The Kier molecular flexibility index (Phi) is 13.1. The summed E-state index contributed by atoms with van der Waals surface area (Å²) in [5.41, 5.74) is 7.92. The SMILES string of the molecule is COC(=O)N(Cc1ccc([C@@H](CO)N(CC(C)C)S(=O)(=O)c2cccc(CC(C)(C)O)c2)s1)C(=O)[C@@H](N)C(c1ccccc1)c1ccccc1. The summed E-state index contributed by atoms with van der Waals surface area (Å²) in [6.45, 7) is 6.54. The number of nitrogens with zero attached hydrogens (tertiary/aromatic N) is 2. The first-order valence-corrected chi connectivity index (χ1v) is 18.7. The van der Waals surface area contributed by atoms with Crippen LogP contribution in [0.3, 0.4) is 0 Å². The van der Waals surface area contributed by atoms with Crippen LogP contribution in [0.4, 0.5) is 4.79 Å². The summed E-state index contributed by atoms with van der Waals surface area (Å²) < 4.78 is 34.6. The summed E-state index contributed by atoms with van der Waals surface area (Å²) in [5.74, 6) is -1.27. The predicted octanol–water partition coefficient (Wildman–Crippen LogP) is 5.70. The Morgan fingerprint density at radius 3 is 2.04 bits per heavy atom. The fourth-order valence-corrected chi connectivity index (χ4v) is 8.94. The summed E-state index contributed by atoms with van der Waals surface area (Å²) in [5, 5.41) is 21.0. The summed E-state index contributed by atoms with van der Waals surface area (Å²) >= 11 is 1.19. The van der Waals surface area contributed by atoms with E-state index in [1.165, 1.54) is 28.8 Å². The maximum atomic E-state index is 14.2. The van der Waals surface area contributed by atoms with E-state index in [1.54, 1.807) is 44.2 Å². The van der Waals surface area contributed by atoms with Crippen LogP contribution in [0.15, 0.2) is 102 Å². The van der Waals surface area contributed by atoms with Gasteiger partial charge >= 0.3 is 6.09 Å². The van der Waals surface area contributed by atoms with Crippen LogP contribution in [0.5, 0.6) is 0 Å². The van der Waals surface area contributed by atoms with E-state index in [9.17, 15) is 28.2 Å². The van der Waals surface area contributed by atoms with Crippen molar-refractivity contribution >= 4 is 33.4 Å². The second-order valence-corrected chi connectivity index (χ2v) is 16.4. The highest BCUT2D eigenvalue weighted by Gasteiger charge is 2.36. The molecule has 4 aromatic rings. The standard InChI is InChI=1S/C38H47N3O7S2/c1-26(2)23-41(50(46,47)31-18-12-13-27(21-31)22-38(3,4)45)32(25-42)33-20-19-30(49-33)24-40(37(44)48-5)36(43)35(39)34(28-14-8-6-9-15-28)29-16-10-7-11-17-29/h6-21,26,32,34-35,42,45H,22-25,39H2,1-5H3/t32-,35+/m1/s1. The highest BCUT2D eigenvalue weighted by atomic mass is 32.2. The van der Waals surface area contributed by atoms with Crippen LogP contribution in [-0.4, -0.2) is 71.7 Å². The van der Waals surface area contributed by atoms with Gasteiger partial charge in [-0.3, -0.25) is 4.79 Å². The van der Waals surface area contributed by atoms with Gasteiger partial charge in [0.05, 0.1) is 42.8 Å². The predicted molar refractivity (Wildman–Crippen MR) is 195 cm³/mol. The fourth-order valence-electron chi connectivity index (χ4n) is 5.93. The number of imide groups is 1. The van der Waals surface area contributed by atoms with E-state index in [4.69, 9.17) is 10.5 Å². The first-order valence-electron chi connectivity index (χ1n) is 16.4. The van der Waals surface area contributed by atoms with Crippen molar-refractivity contribution in [3.8, 4) is 0 Å². The van der Waals surface area contributed by atoms with Crippen LogP contribution in [0.2, 0.25) is 0 Å². The first kappa shape index (κ1) is 38.9. The van der Waals surface area contributed by atoms with Crippen molar-refractivity contribution in [2.24, 2.45) is 11.7 Å². The number of ether oxygens (including phenoxy) is 1. The molecule has 3 aromatic carbocycles. The second kappa shape index (κ2) is 16.9. The normalized spacial score (nSPS) is 13.4. The van der Waals surface area contributed by atoms with E-state index in [0.717, 1.165) is 16.0 Å². The number of nitrogens with two attached hydrogens (primary N) is 1. The van der Waals surface area contributed by atoms with Gasteiger partial charge in [-0.1, -0.05) is 86.6 Å². The van der Waals surface area contributed by atoms with Gasteiger partial charge in [0.25, 0.3) is 0 Å². The van der Waals surface area contributed by atoms with E-state index in [1.807, 2.05) is 74.5 Å². The van der Waals surface area contributed by atoms with Crippen molar-refractivity contribution in [1.29, 1.82) is 0 Å². The Bertz CT molecular complexity index is 1780. The number of aliphatic hydroxyl groups is 2. The fraction of sp³-hybridized carbons (Fsp3) is 0.368. The molecule has 12 heteroatoms. The number of rotatable bonds is 15. The maximum Gasteiger partial charge on any atom is 0.416 e. The molecule has 0 saturated carbocycles. The lowest BCUT2D eigenvalue weighted by molar-refractivity contribution is -0.131. The molecule has 0 aliphatic rings. The van der Waals surface area contributed by atoms with Crippen molar-refractivity contribution in [3.63, 3.8) is 0 Å². The number of hydrogen-bond donors (Lipinski definition) is 3. The molecule has 268 valence electrons. The first-order chi connectivity index (χ1) is 23.7. The number of sulfonamides is 1. The zero-order chi connectivity index (χ0) is 36.6. The Balaban J connectivity index is 1.65. The van der Waals surface area contributed by atoms with Gasteiger partial charge in [-0.2, -0.15) is 4.31 Å². The molecule has 2 amide bonds. The molecule has 4 rings (SSSR count). The minimum Gasteiger partial charge on any atom is -0.452 e. The minimum absolute atomic E-state index is 0.0537. The third kappa shape index (κ3) is 9.65. The van der Waals surface area contributed by atoms with E-state index in [2.05, 4.69) is 0 Å². The number of methoxy groups -OCH3 is 1. The zero-order valence-corrected chi connectivity index (χ0v) is 30.7. The number of aliphatic hydroxyl groups excluding tert-OH is 1. The van der Waals surface area contributed by atoms with E-state index >= 15 is 0 Å². The largest absolute Gasteiger partial charge is 0.452 e. The van der Waals surface area contributed by atoms with Crippen LogP contribution in [0.1, 0.15) is 66.1 Å². The Morgan fingerprint density at radius 2 is 1.52 bits per heavy atom. The molecular formula is C38H47N3O7S2. The van der Waals surface area contributed by atoms with Crippen molar-refractivity contribution in [2.45, 2.75) is 69.2 Å². The average molecular weight is 722 g/mol. The highest BCUT2D eigenvalue weighted by Crippen LogP contribution is 2.35. The van der Waals surface area contributed by atoms with Crippen LogP contribution >= 0.6 is 11.3 Å². The molecular weight excluding hydrogens is 675 g/mol. The van der Waals surface area contributed by atoms with Gasteiger partial charge < -0.3 is 20.7 Å². The molecule has 0 fully saturated rings. The highest BCUT2D eigenvalue weighted by molar-refractivity contribution is 7.89. The van der Waals surface area contributed by atoms with Gasteiger partial charge in [-0.05, 0) is 60.7 Å². The monoisotopic (exact) mass is 721 g/mol. The number of amides is 2. The lowest BCUT2D eigenvalue weighted by Crippen LogP contribution is -2.49. The molecule has 0 spiro atoms. The lowest BCUT2D eigenvalue weighted by atomic mass is 9.85. The molecule has 50 heavy (non-hydrogen) atoms. The smallest absolute Gasteiger partial charge is 0.416 e. The number of carbonyl (C=O) groups excluding carboxylic acids is 2. The second-order valence-electron chi connectivity index (χ2n) is 13.3. The Labute approximate surface area is 299 Å². The van der Waals surface area contributed by atoms with Crippen LogP contribution < -0.4 is 5.73 Å². The number of hydrogen-bond acceptors (Lipinski definition) is 9. The molecule has 1 heterocycles. The molecule has 0 bridgehead atoms. The number of benzene rings is 3. The van der Waals surface area contributed by atoms with Crippen LogP contribution in [-0.2, 0) is 32.5 Å². The molecule has 0 aliphatic carbocycles. The van der Waals surface area contributed by atoms with Crippen LogP contribution in [0.25, 0.3) is 0 Å². The third-order valence-electron chi connectivity index (χ3n) is 8.15. The molecule has 2 atom stereocenters.